The van der Waals surface area contributed by atoms with Crippen LogP contribution in [0.2, 0.25) is 0 Å². The van der Waals surface area contributed by atoms with Gasteiger partial charge in [-0.1, -0.05) is 37.1 Å². The molecule has 5 rings (SSSR count). The molecule has 3 aromatic rings. The van der Waals surface area contributed by atoms with E-state index in [1.807, 2.05) is 4.90 Å². The summed E-state index contributed by atoms with van der Waals surface area (Å²) in [6.45, 7) is 1.95. The fourth-order valence-corrected chi connectivity index (χ4v) is 4.79. The molecule has 2 aliphatic rings. The van der Waals surface area contributed by atoms with Crippen molar-refractivity contribution < 1.29 is 40.7 Å². The van der Waals surface area contributed by atoms with Crippen LogP contribution in [0.15, 0.2) is 60.7 Å². The molecule has 2 amide bonds. The first-order valence-corrected chi connectivity index (χ1v) is 14.3. The van der Waals surface area contributed by atoms with Gasteiger partial charge >= 0.3 is 12.4 Å². The molecule has 1 N–H and O–H groups in total. The van der Waals surface area contributed by atoms with Gasteiger partial charge in [-0.2, -0.15) is 26.3 Å². The van der Waals surface area contributed by atoms with Crippen molar-refractivity contribution in [1.29, 1.82) is 0 Å². The Hall–Kier alpha value is -4.20. The van der Waals surface area contributed by atoms with Gasteiger partial charge in [0.25, 0.3) is 17.1 Å². The summed E-state index contributed by atoms with van der Waals surface area (Å²) < 4.78 is 76.3. The van der Waals surface area contributed by atoms with Gasteiger partial charge in [0.1, 0.15) is 0 Å². The van der Waals surface area contributed by atoms with Crippen LogP contribution in [0, 0.1) is 5.92 Å². The standard InChI is InChI=1S/C22H24F3N5O2.C8H4ClF3O/c23-22(24,25)17-4-2-1-3-16(17)21(32)30-13-11-29(12-14-30)19-8-7-18(27-28-19)20(31)26-10-9-15-5-6-15;9-7(13)5-3-1-2-4-6(5)8(10,11)12/h1-4,7-8,15H,5-6,9-14H2,(H,26,31);1-4H. The van der Waals surface area contributed by atoms with Gasteiger partial charge in [0.15, 0.2) is 11.5 Å². The molecule has 45 heavy (non-hydrogen) atoms. The molecule has 1 aromatic heterocycles. The van der Waals surface area contributed by atoms with E-state index in [2.05, 4.69) is 15.5 Å². The van der Waals surface area contributed by atoms with E-state index in [0.29, 0.717) is 25.5 Å². The van der Waals surface area contributed by atoms with Crippen LogP contribution < -0.4 is 10.2 Å². The van der Waals surface area contributed by atoms with Gasteiger partial charge in [-0.3, -0.25) is 14.4 Å². The quantitative estimate of drug-likeness (QED) is 0.245. The summed E-state index contributed by atoms with van der Waals surface area (Å²) in [5, 5.41) is 9.85. The highest BCUT2D eigenvalue weighted by molar-refractivity contribution is 6.67. The molecule has 2 fully saturated rings. The minimum atomic E-state index is -4.59. The van der Waals surface area contributed by atoms with Gasteiger partial charge in [-0.05, 0) is 60.3 Å². The zero-order chi connectivity index (χ0) is 32.8. The van der Waals surface area contributed by atoms with Gasteiger partial charge in [-0.15, -0.1) is 10.2 Å². The number of anilines is 1. The van der Waals surface area contributed by atoms with Crippen molar-refractivity contribution in [2.24, 2.45) is 5.92 Å². The van der Waals surface area contributed by atoms with Crippen molar-refractivity contribution in [3.8, 4) is 0 Å². The Morgan fingerprint density at radius 3 is 1.82 bits per heavy atom. The topological polar surface area (TPSA) is 95.5 Å². The Morgan fingerprint density at radius 1 is 0.778 bits per heavy atom. The van der Waals surface area contributed by atoms with Crippen molar-refractivity contribution in [1.82, 2.24) is 20.4 Å². The molecule has 0 atom stereocenters. The van der Waals surface area contributed by atoms with Crippen molar-refractivity contribution in [3.63, 3.8) is 0 Å². The van der Waals surface area contributed by atoms with Crippen LogP contribution in [0.25, 0.3) is 0 Å². The van der Waals surface area contributed by atoms with E-state index in [4.69, 9.17) is 11.6 Å². The summed E-state index contributed by atoms with van der Waals surface area (Å²) in [7, 11) is 0. The molecule has 1 saturated heterocycles. The Balaban J connectivity index is 0.000000297. The zero-order valence-electron chi connectivity index (χ0n) is 23.7. The number of alkyl halides is 6. The Bertz CT molecular complexity index is 1500. The van der Waals surface area contributed by atoms with Gasteiger partial charge in [-0.25, -0.2) is 0 Å². The third-order valence-electron chi connectivity index (χ3n) is 7.22. The third-order valence-corrected chi connectivity index (χ3v) is 7.42. The lowest BCUT2D eigenvalue weighted by Gasteiger charge is -2.35. The van der Waals surface area contributed by atoms with Crippen LogP contribution in [-0.4, -0.2) is 64.9 Å². The second-order valence-electron chi connectivity index (χ2n) is 10.4. The molecule has 1 saturated carbocycles. The molecule has 2 aromatic carbocycles. The largest absolute Gasteiger partial charge is 0.417 e. The minimum absolute atomic E-state index is 0.238. The average molecular weight is 656 g/mol. The molecule has 0 radical (unpaired) electrons. The van der Waals surface area contributed by atoms with Crippen LogP contribution in [0.5, 0.6) is 0 Å². The molecule has 0 bridgehead atoms. The summed E-state index contributed by atoms with van der Waals surface area (Å²) in [4.78, 5) is 38.7. The number of rotatable bonds is 7. The molecule has 240 valence electrons. The Morgan fingerprint density at radius 2 is 1.33 bits per heavy atom. The predicted molar refractivity (Wildman–Crippen MR) is 153 cm³/mol. The van der Waals surface area contributed by atoms with Crippen molar-refractivity contribution in [2.45, 2.75) is 31.6 Å². The number of nitrogens with one attached hydrogen (secondary N) is 1. The number of benzene rings is 2. The molecule has 0 unspecified atom stereocenters. The number of halogens is 7. The maximum atomic E-state index is 13.2. The van der Waals surface area contributed by atoms with Crippen molar-refractivity contribution in [2.75, 3.05) is 37.6 Å². The lowest BCUT2D eigenvalue weighted by atomic mass is 10.1. The second kappa shape index (κ2) is 14.3. The summed E-state index contributed by atoms with van der Waals surface area (Å²) in [5.41, 5.74) is -2.55. The maximum absolute atomic E-state index is 13.2. The fraction of sp³-hybridized carbons (Fsp3) is 0.367. The van der Waals surface area contributed by atoms with Crippen LogP contribution in [0.1, 0.15) is 61.6 Å². The van der Waals surface area contributed by atoms with Gasteiger partial charge in [0.2, 0.25) is 0 Å². The summed E-state index contributed by atoms with van der Waals surface area (Å²) in [6, 6.07) is 12.5. The first kappa shape index (κ1) is 33.7. The summed E-state index contributed by atoms with van der Waals surface area (Å²) in [5.74, 6) is 0.392. The Labute approximate surface area is 259 Å². The van der Waals surface area contributed by atoms with Crippen LogP contribution in [0.3, 0.4) is 0 Å². The fourth-order valence-electron chi connectivity index (χ4n) is 4.63. The maximum Gasteiger partial charge on any atom is 0.417 e. The highest BCUT2D eigenvalue weighted by Gasteiger charge is 2.37. The second-order valence-corrected chi connectivity index (χ2v) is 10.7. The number of hydrogen-bond acceptors (Lipinski definition) is 6. The van der Waals surface area contributed by atoms with E-state index in [-0.39, 0.29) is 30.3 Å². The smallest absolute Gasteiger partial charge is 0.352 e. The van der Waals surface area contributed by atoms with Crippen molar-refractivity contribution in [3.05, 3.63) is 88.6 Å². The summed E-state index contributed by atoms with van der Waals surface area (Å²) in [6.07, 6.45) is -5.68. The van der Waals surface area contributed by atoms with E-state index >= 15 is 0 Å². The van der Waals surface area contributed by atoms with Crippen molar-refractivity contribution >= 4 is 34.5 Å². The Kier molecular flexibility index (Phi) is 10.7. The monoisotopic (exact) mass is 655 g/mol. The predicted octanol–water partition coefficient (Wildman–Crippen LogP) is 6.07. The van der Waals surface area contributed by atoms with Crippen LogP contribution in [-0.2, 0) is 12.4 Å². The van der Waals surface area contributed by atoms with E-state index < -0.39 is 40.2 Å². The molecular weight excluding hydrogens is 628 g/mol. The summed E-state index contributed by atoms with van der Waals surface area (Å²) >= 11 is 4.98. The molecule has 0 spiro atoms. The van der Waals surface area contributed by atoms with Gasteiger partial charge < -0.3 is 15.1 Å². The van der Waals surface area contributed by atoms with Gasteiger partial charge in [0, 0.05) is 38.3 Å². The SMILES string of the molecule is O=C(Cl)c1ccccc1C(F)(F)F.O=C(NCCC1CC1)c1ccc(N2CCN(C(=O)c3ccccc3C(F)(F)F)CC2)nn1. The number of piperazine rings is 1. The molecule has 1 aliphatic heterocycles. The number of hydrogen-bond donors (Lipinski definition) is 1. The lowest BCUT2D eigenvalue weighted by molar-refractivity contribution is -0.138. The van der Waals surface area contributed by atoms with Gasteiger partial charge in [0.05, 0.1) is 16.7 Å². The molecule has 15 heteroatoms. The first-order chi connectivity index (χ1) is 21.3. The normalized spacial score (nSPS) is 15.2. The third kappa shape index (κ3) is 9.16. The number of nitrogens with zero attached hydrogens (tertiary/aromatic N) is 4. The van der Waals surface area contributed by atoms with E-state index in [1.165, 1.54) is 48.1 Å². The first-order valence-electron chi connectivity index (χ1n) is 13.9. The number of carbonyl (C=O) groups excluding carboxylic acids is 3. The number of aromatic nitrogens is 2. The van der Waals surface area contributed by atoms with Crippen LogP contribution in [0.4, 0.5) is 32.2 Å². The lowest BCUT2D eigenvalue weighted by Crippen LogP contribution is -2.49. The molecule has 8 nitrogen and oxygen atoms in total. The zero-order valence-corrected chi connectivity index (χ0v) is 24.4. The average Bonchev–Trinajstić information content (AvgIpc) is 3.85. The number of amides is 2. The van der Waals surface area contributed by atoms with Crippen LogP contribution >= 0.6 is 11.6 Å². The molecule has 1 aliphatic carbocycles. The highest BCUT2D eigenvalue weighted by atomic mass is 35.5. The number of carbonyl (C=O) groups is 3. The molecule has 2 heterocycles. The van der Waals surface area contributed by atoms with E-state index in [9.17, 15) is 40.7 Å². The minimum Gasteiger partial charge on any atom is -0.352 e. The van der Waals surface area contributed by atoms with E-state index in [0.717, 1.165) is 30.5 Å². The van der Waals surface area contributed by atoms with E-state index in [1.54, 1.807) is 12.1 Å². The highest BCUT2D eigenvalue weighted by Crippen LogP contribution is 2.34. The molecular formula is C30H28ClF6N5O3.